The van der Waals surface area contributed by atoms with Crippen LogP contribution >= 0.6 is 0 Å². The minimum atomic E-state index is -1.06. The third-order valence-corrected chi connectivity index (χ3v) is 4.07. The standard InChI is InChI=1S/C16H24N4O2/c1-16(2,15(22)20-9-7-19(3)8-10-20)14(21)18-12-13-5-4-6-17-11-13/h4-6,11H,7-10,12H2,1-3H3,(H,18,21). The zero-order valence-electron chi connectivity index (χ0n) is 13.5. The number of amides is 2. The average molecular weight is 304 g/mol. The van der Waals surface area contributed by atoms with Crippen LogP contribution in [0.2, 0.25) is 0 Å². The Labute approximate surface area is 131 Å². The van der Waals surface area contributed by atoms with Gasteiger partial charge < -0.3 is 15.1 Å². The van der Waals surface area contributed by atoms with Crippen molar-refractivity contribution >= 4 is 11.8 Å². The molecule has 6 nitrogen and oxygen atoms in total. The maximum absolute atomic E-state index is 12.6. The molecule has 1 N–H and O–H groups in total. The molecule has 22 heavy (non-hydrogen) atoms. The number of nitrogens with zero attached hydrogens (tertiary/aromatic N) is 3. The van der Waals surface area contributed by atoms with Gasteiger partial charge in [-0.15, -0.1) is 0 Å². The Hall–Kier alpha value is -1.95. The van der Waals surface area contributed by atoms with Crippen LogP contribution in [0.4, 0.5) is 0 Å². The van der Waals surface area contributed by atoms with Crippen molar-refractivity contribution in [2.24, 2.45) is 5.41 Å². The van der Waals surface area contributed by atoms with Crippen LogP contribution in [0, 0.1) is 5.41 Å². The van der Waals surface area contributed by atoms with Crippen LogP contribution in [-0.4, -0.2) is 59.8 Å². The van der Waals surface area contributed by atoms with Crippen molar-refractivity contribution in [3.63, 3.8) is 0 Å². The van der Waals surface area contributed by atoms with Crippen molar-refractivity contribution in [2.45, 2.75) is 20.4 Å². The van der Waals surface area contributed by atoms with Crippen LogP contribution in [0.5, 0.6) is 0 Å². The molecule has 1 saturated heterocycles. The van der Waals surface area contributed by atoms with Gasteiger partial charge in [-0.25, -0.2) is 0 Å². The number of likely N-dealkylation sites (N-methyl/N-ethyl adjacent to an activating group) is 1. The van der Waals surface area contributed by atoms with Gasteiger partial charge in [-0.05, 0) is 32.5 Å². The van der Waals surface area contributed by atoms with Gasteiger partial charge in [-0.2, -0.15) is 0 Å². The molecule has 0 aromatic carbocycles. The number of carbonyl (C=O) groups is 2. The van der Waals surface area contributed by atoms with E-state index in [4.69, 9.17) is 0 Å². The SMILES string of the molecule is CN1CCN(C(=O)C(C)(C)C(=O)NCc2cccnc2)CC1. The normalized spacial score (nSPS) is 16.4. The van der Waals surface area contributed by atoms with E-state index in [0.29, 0.717) is 19.6 Å². The van der Waals surface area contributed by atoms with E-state index in [9.17, 15) is 9.59 Å². The van der Waals surface area contributed by atoms with E-state index < -0.39 is 5.41 Å². The number of aromatic nitrogens is 1. The van der Waals surface area contributed by atoms with E-state index in [1.54, 1.807) is 31.1 Å². The monoisotopic (exact) mass is 304 g/mol. The smallest absolute Gasteiger partial charge is 0.237 e. The molecule has 0 unspecified atom stereocenters. The Bertz CT molecular complexity index is 522. The van der Waals surface area contributed by atoms with Crippen LogP contribution in [-0.2, 0) is 16.1 Å². The van der Waals surface area contributed by atoms with E-state index in [1.807, 2.05) is 19.2 Å². The van der Waals surface area contributed by atoms with Gasteiger partial charge in [0.05, 0.1) is 0 Å². The summed E-state index contributed by atoms with van der Waals surface area (Å²) in [6.45, 7) is 6.80. The topological polar surface area (TPSA) is 65.5 Å². The molecule has 1 aromatic heterocycles. The second kappa shape index (κ2) is 6.87. The first-order valence-electron chi connectivity index (χ1n) is 7.56. The highest BCUT2D eigenvalue weighted by atomic mass is 16.2. The number of carbonyl (C=O) groups excluding carboxylic acids is 2. The van der Waals surface area contributed by atoms with E-state index in [-0.39, 0.29) is 11.8 Å². The lowest BCUT2D eigenvalue weighted by Gasteiger charge is -2.36. The van der Waals surface area contributed by atoms with Gasteiger partial charge in [-0.3, -0.25) is 14.6 Å². The molecule has 2 heterocycles. The summed E-state index contributed by atoms with van der Waals surface area (Å²) in [4.78, 5) is 33.0. The van der Waals surface area contributed by atoms with Crippen molar-refractivity contribution in [2.75, 3.05) is 33.2 Å². The quantitative estimate of drug-likeness (QED) is 0.823. The maximum Gasteiger partial charge on any atom is 0.237 e. The lowest BCUT2D eigenvalue weighted by atomic mass is 9.90. The van der Waals surface area contributed by atoms with Gasteiger partial charge in [0.2, 0.25) is 11.8 Å². The maximum atomic E-state index is 12.6. The van der Waals surface area contributed by atoms with Gasteiger partial charge in [0.15, 0.2) is 0 Å². The van der Waals surface area contributed by atoms with Gasteiger partial charge in [0.25, 0.3) is 0 Å². The fraction of sp³-hybridized carbons (Fsp3) is 0.562. The van der Waals surface area contributed by atoms with Crippen LogP contribution in [0.3, 0.4) is 0 Å². The first kappa shape index (κ1) is 16.4. The molecule has 6 heteroatoms. The average Bonchev–Trinajstić information content (AvgIpc) is 2.53. The summed E-state index contributed by atoms with van der Waals surface area (Å²) in [5, 5.41) is 2.83. The molecule has 1 aliphatic rings. The Morgan fingerprint density at radius 2 is 1.95 bits per heavy atom. The molecule has 2 rings (SSSR count). The third kappa shape index (κ3) is 3.82. The van der Waals surface area contributed by atoms with Crippen LogP contribution in [0.25, 0.3) is 0 Å². The summed E-state index contributed by atoms with van der Waals surface area (Å²) < 4.78 is 0. The molecule has 0 aliphatic carbocycles. The number of rotatable bonds is 4. The van der Waals surface area contributed by atoms with E-state index in [1.165, 1.54) is 0 Å². The molecule has 0 atom stereocenters. The molecule has 0 saturated carbocycles. The zero-order chi connectivity index (χ0) is 16.2. The second-order valence-corrected chi connectivity index (χ2v) is 6.26. The van der Waals surface area contributed by atoms with Gasteiger partial charge in [-0.1, -0.05) is 6.07 Å². The molecular weight excluding hydrogens is 280 g/mol. The zero-order valence-corrected chi connectivity index (χ0v) is 13.5. The van der Waals surface area contributed by atoms with E-state index >= 15 is 0 Å². The summed E-state index contributed by atoms with van der Waals surface area (Å²) in [6.07, 6.45) is 3.39. The number of hydrogen-bond donors (Lipinski definition) is 1. The fourth-order valence-corrected chi connectivity index (χ4v) is 2.41. The van der Waals surface area contributed by atoms with E-state index in [0.717, 1.165) is 18.7 Å². The molecular formula is C16H24N4O2. The Morgan fingerprint density at radius 1 is 1.27 bits per heavy atom. The molecule has 120 valence electrons. The summed E-state index contributed by atoms with van der Waals surface area (Å²) >= 11 is 0. The highest BCUT2D eigenvalue weighted by Gasteiger charge is 2.39. The van der Waals surface area contributed by atoms with Crippen molar-refractivity contribution in [3.05, 3.63) is 30.1 Å². The number of piperazine rings is 1. The molecule has 1 aliphatic heterocycles. The Kier molecular flexibility index (Phi) is 5.13. The Balaban J connectivity index is 1.93. The molecule has 0 spiro atoms. The predicted octanol–water partition coefficient (Wildman–Crippen LogP) is 0.498. The van der Waals surface area contributed by atoms with Crippen molar-refractivity contribution in [1.82, 2.24) is 20.1 Å². The minimum absolute atomic E-state index is 0.107. The summed E-state index contributed by atoms with van der Waals surface area (Å²) in [6, 6.07) is 3.71. The number of pyridine rings is 1. The largest absolute Gasteiger partial charge is 0.351 e. The fourth-order valence-electron chi connectivity index (χ4n) is 2.41. The summed E-state index contributed by atoms with van der Waals surface area (Å²) in [5.41, 5.74) is -0.142. The summed E-state index contributed by atoms with van der Waals surface area (Å²) in [5.74, 6) is -0.357. The van der Waals surface area contributed by atoms with Crippen LogP contribution in [0.15, 0.2) is 24.5 Å². The summed E-state index contributed by atoms with van der Waals surface area (Å²) in [7, 11) is 2.04. The van der Waals surface area contributed by atoms with Crippen LogP contribution < -0.4 is 5.32 Å². The number of hydrogen-bond acceptors (Lipinski definition) is 4. The molecule has 1 aromatic rings. The highest BCUT2D eigenvalue weighted by molar-refractivity contribution is 6.04. The van der Waals surface area contributed by atoms with Gasteiger partial charge in [0, 0.05) is 45.1 Å². The lowest BCUT2D eigenvalue weighted by Crippen LogP contribution is -2.54. The first-order chi connectivity index (χ1) is 10.4. The minimum Gasteiger partial charge on any atom is -0.351 e. The van der Waals surface area contributed by atoms with Crippen molar-refractivity contribution in [1.29, 1.82) is 0 Å². The second-order valence-electron chi connectivity index (χ2n) is 6.26. The lowest BCUT2D eigenvalue weighted by molar-refractivity contribution is -0.149. The van der Waals surface area contributed by atoms with E-state index in [2.05, 4.69) is 15.2 Å². The van der Waals surface area contributed by atoms with Crippen molar-refractivity contribution in [3.8, 4) is 0 Å². The predicted molar refractivity (Wildman–Crippen MR) is 83.9 cm³/mol. The molecule has 1 fully saturated rings. The third-order valence-electron chi connectivity index (χ3n) is 4.07. The van der Waals surface area contributed by atoms with Crippen molar-refractivity contribution < 1.29 is 9.59 Å². The Morgan fingerprint density at radius 3 is 2.55 bits per heavy atom. The molecule has 2 amide bonds. The van der Waals surface area contributed by atoms with Gasteiger partial charge >= 0.3 is 0 Å². The van der Waals surface area contributed by atoms with Gasteiger partial charge in [0.1, 0.15) is 5.41 Å². The number of nitrogens with one attached hydrogen (secondary N) is 1. The highest BCUT2D eigenvalue weighted by Crippen LogP contribution is 2.20. The molecule has 0 radical (unpaired) electrons. The first-order valence-corrected chi connectivity index (χ1v) is 7.56. The molecule has 0 bridgehead atoms. The van der Waals surface area contributed by atoms with Crippen LogP contribution in [0.1, 0.15) is 19.4 Å².